The first-order valence-corrected chi connectivity index (χ1v) is 8.76. The van der Waals surface area contributed by atoms with Gasteiger partial charge in [0.2, 0.25) is 11.7 Å². The van der Waals surface area contributed by atoms with E-state index in [-0.39, 0.29) is 5.91 Å². The minimum atomic E-state index is -0.426. The summed E-state index contributed by atoms with van der Waals surface area (Å²) in [6, 6.07) is 14.4. The SMILES string of the molecule is CC(NC(=O)c1ccc(-c2ccncc2)cc1)c1nc(-c2cccnc2)no1. The molecule has 0 saturated carbocycles. The molecule has 1 atom stereocenters. The Labute approximate surface area is 161 Å². The number of benzene rings is 1. The Bertz CT molecular complexity index is 1060. The molecule has 0 fully saturated rings. The van der Waals surface area contributed by atoms with Crippen LogP contribution in [-0.4, -0.2) is 26.0 Å². The summed E-state index contributed by atoms with van der Waals surface area (Å²) in [6.07, 6.45) is 6.80. The number of carbonyl (C=O) groups is 1. The third-order valence-corrected chi connectivity index (χ3v) is 4.24. The van der Waals surface area contributed by atoms with Crippen molar-refractivity contribution in [1.29, 1.82) is 0 Å². The first-order chi connectivity index (χ1) is 13.7. The molecule has 0 bridgehead atoms. The van der Waals surface area contributed by atoms with E-state index >= 15 is 0 Å². The van der Waals surface area contributed by atoms with Gasteiger partial charge in [0.25, 0.3) is 5.91 Å². The van der Waals surface area contributed by atoms with Crippen molar-refractivity contribution in [3.8, 4) is 22.5 Å². The molecule has 0 radical (unpaired) electrons. The number of rotatable bonds is 5. The highest BCUT2D eigenvalue weighted by Crippen LogP contribution is 2.20. The van der Waals surface area contributed by atoms with Crippen molar-refractivity contribution in [2.24, 2.45) is 0 Å². The molecule has 28 heavy (non-hydrogen) atoms. The molecule has 0 aliphatic heterocycles. The van der Waals surface area contributed by atoms with Crippen molar-refractivity contribution in [2.75, 3.05) is 0 Å². The Morgan fingerprint density at radius 2 is 1.68 bits per heavy atom. The van der Waals surface area contributed by atoms with Gasteiger partial charge in [0.15, 0.2) is 0 Å². The van der Waals surface area contributed by atoms with E-state index in [1.54, 1.807) is 49.9 Å². The summed E-state index contributed by atoms with van der Waals surface area (Å²) in [4.78, 5) is 24.9. The van der Waals surface area contributed by atoms with E-state index in [0.717, 1.165) is 16.7 Å². The molecule has 1 N–H and O–H groups in total. The number of pyridine rings is 2. The van der Waals surface area contributed by atoms with Crippen LogP contribution in [0.1, 0.15) is 29.2 Å². The Morgan fingerprint density at radius 1 is 0.929 bits per heavy atom. The second-order valence-electron chi connectivity index (χ2n) is 6.21. The second kappa shape index (κ2) is 7.79. The van der Waals surface area contributed by atoms with Crippen LogP contribution >= 0.6 is 0 Å². The van der Waals surface area contributed by atoms with Crippen molar-refractivity contribution in [3.05, 3.63) is 84.8 Å². The van der Waals surface area contributed by atoms with Gasteiger partial charge in [0.05, 0.1) is 0 Å². The number of aromatic nitrogens is 4. The average molecular weight is 371 g/mol. The molecule has 0 saturated heterocycles. The fourth-order valence-electron chi connectivity index (χ4n) is 2.72. The minimum Gasteiger partial charge on any atom is -0.341 e. The Hall–Kier alpha value is -3.87. The molecule has 0 aliphatic rings. The monoisotopic (exact) mass is 371 g/mol. The number of hydrogen-bond donors (Lipinski definition) is 1. The molecule has 138 valence electrons. The topological polar surface area (TPSA) is 93.8 Å². The predicted molar refractivity (Wildman–Crippen MR) is 103 cm³/mol. The molecule has 4 rings (SSSR count). The quantitative estimate of drug-likeness (QED) is 0.575. The summed E-state index contributed by atoms with van der Waals surface area (Å²) in [5.41, 5.74) is 3.37. The average Bonchev–Trinajstić information content (AvgIpc) is 3.26. The largest absolute Gasteiger partial charge is 0.341 e. The molecule has 4 aromatic rings. The Kier molecular flexibility index (Phi) is 4.88. The molecule has 7 nitrogen and oxygen atoms in total. The zero-order chi connectivity index (χ0) is 19.3. The van der Waals surface area contributed by atoms with Crippen LogP contribution in [0.3, 0.4) is 0 Å². The number of amides is 1. The lowest BCUT2D eigenvalue weighted by Crippen LogP contribution is -2.26. The van der Waals surface area contributed by atoms with E-state index in [0.29, 0.717) is 17.3 Å². The molecule has 0 spiro atoms. The van der Waals surface area contributed by atoms with E-state index in [2.05, 4.69) is 25.4 Å². The van der Waals surface area contributed by atoms with Crippen LogP contribution in [0.15, 0.2) is 77.8 Å². The first kappa shape index (κ1) is 17.5. The third kappa shape index (κ3) is 3.78. The van der Waals surface area contributed by atoms with Crippen molar-refractivity contribution >= 4 is 5.91 Å². The van der Waals surface area contributed by atoms with Crippen LogP contribution in [0, 0.1) is 0 Å². The van der Waals surface area contributed by atoms with E-state index in [4.69, 9.17) is 4.52 Å². The van der Waals surface area contributed by atoms with Gasteiger partial charge in [0.1, 0.15) is 6.04 Å². The maximum Gasteiger partial charge on any atom is 0.251 e. The maximum absolute atomic E-state index is 12.5. The molecular formula is C21H17N5O2. The highest BCUT2D eigenvalue weighted by Gasteiger charge is 2.18. The molecule has 0 aliphatic carbocycles. The van der Waals surface area contributed by atoms with Crippen LogP contribution in [0.25, 0.3) is 22.5 Å². The van der Waals surface area contributed by atoms with E-state index in [1.165, 1.54) is 0 Å². The second-order valence-corrected chi connectivity index (χ2v) is 6.21. The first-order valence-electron chi connectivity index (χ1n) is 8.76. The lowest BCUT2D eigenvalue weighted by Gasteiger charge is -2.10. The maximum atomic E-state index is 12.5. The van der Waals surface area contributed by atoms with E-state index < -0.39 is 6.04 Å². The Morgan fingerprint density at radius 3 is 2.39 bits per heavy atom. The summed E-state index contributed by atoms with van der Waals surface area (Å²) in [5.74, 6) is 0.557. The van der Waals surface area contributed by atoms with Gasteiger partial charge >= 0.3 is 0 Å². The van der Waals surface area contributed by atoms with Crippen molar-refractivity contribution < 1.29 is 9.32 Å². The summed E-state index contributed by atoms with van der Waals surface area (Å²) in [5, 5.41) is 6.83. The molecule has 1 aromatic carbocycles. The van der Waals surface area contributed by atoms with E-state index in [9.17, 15) is 4.79 Å². The zero-order valence-electron chi connectivity index (χ0n) is 15.1. The zero-order valence-corrected chi connectivity index (χ0v) is 15.1. The number of carbonyl (C=O) groups excluding carboxylic acids is 1. The van der Waals surface area contributed by atoms with Crippen molar-refractivity contribution in [1.82, 2.24) is 25.4 Å². The van der Waals surface area contributed by atoms with Crippen LogP contribution in [0.2, 0.25) is 0 Å². The summed E-state index contributed by atoms with van der Waals surface area (Å²) >= 11 is 0. The smallest absolute Gasteiger partial charge is 0.251 e. The number of nitrogens with zero attached hydrogens (tertiary/aromatic N) is 4. The molecule has 1 amide bonds. The lowest BCUT2D eigenvalue weighted by atomic mass is 10.0. The normalized spacial score (nSPS) is 11.8. The Balaban J connectivity index is 1.44. The number of nitrogens with one attached hydrogen (secondary N) is 1. The van der Waals surface area contributed by atoms with Crippen LogP contribution in [-0.2, 0) is 0 Å². The highest BCUT2D eigenvalue weighted by atomic mass is 16.5. The lowest BCUT2D eigenvalue weighted by molar-refractivity contribution is 0.0932. The van der Waals surface area contributed by atoms with Crippen molar-refractivity contribution in [2.45, 2.75) is 13.0 Å². The van der Waals surface area contributed by atoms with Gasteiger partial charge in [-0.3, -0.25) is 14.8 Å². The number of hydrogen-bond acceptors (Lipinski definition) is 6. The van der Waals surface area contributed by atoms with E-state index in [1.807, 2.05) is 30.3 Å². The molecule has 3 aromatic heterocycles. The highest BCUT2D eigenvalue weighted by molar-refractivity contribution is 5.94. The van der Waals surface area contributed by atoms with Gasteiger partial charge in [-0.25, -0.2) is 0 Å². The van der Waals surface area contributed by atoms with Gasteiger partial charge in [-0.05, 0) is 54.4 Å². The summed E-state index contributed by atoms with van der Waals surface area (Å²) < 4.78 is 5.29. The third-order valence-electron chi connectivity index (χ3n) is 4.24. The molecular weight excluding hydrogens is 354 g/mol. The summed E-state index contributed by atoms with van der Waals surface area (Å²) in [6.45, 7) is 1.80. The van der Waals surface area contributed by atoms with Crippen LogP contribution < -0.4 is 5.32 Å². The molecule has 7 heteroatoms. The van der Waals surface area contributed by atoms with Crippen LogP contribution in [0.4, 0.5) is 0 Å². The van der Waals surface area contributed by atoms with Gasteiger partial charge in [-0.1, -0.05) is 17.3 Å². The molecule has 1 unspecified atom stereocenters. The minimum absolute atomic E-state index is 0.213. The van der Waals surface area contributed by atoms with Gasteiger partial charge in [0, 0.05) is 35.9 Å². The fraction of sp³-hybridized carbons (Fsp3) is 0.0952. The summed E-state index contributed by atoms with van der Waals surface area (Å²) in [7, 11) is 0. The van der Waals surface area contributed by atoms with Crippen LogP contribution in [0.5, 0.6) is 0 Å². The standard InChI is InChI=1S/C21H17N5O2/c1-14(21-25-19(26-28-21)18-3-2-10-23-13-18)24-20(27)17-6-4-15(5-7-17)16-8-11-22-12-9-16/h2-14H,1H3,(H,24,27). The van der Waals surface area contributed by atoms with Gasteiger partial charge in [-0.15, -0.1) is 0 Å². The van der Waals surface area contributed by atoms with Crippen molar-refractivity contribution in [3.63, 3.8) is 0 Å². The van der Waals surface area contributed by atoms with Gasteiger partial charge < -0.3 is 9.84 Å². The van der Waals surface area contributed by atoms with Gasteiger partial charge in [-0.2, -0.15) is 4.98 Å². The fourth-order valence-corrected chi connectivity index (χ4v) is 2.72. The molecule has 3 heterocycles. The predicted octanol–water partition coefficient (Wildman–Crippen LogP) is 3.68.